The van der Waals surface area contributed by atoms with Gasteiger partial charge in [-0.25, -0.2) is 9.40 Å². The van der Waals surface area contributed by atoms with Gasteiger partial charge in [0.05, 0.1) is 5.69 Å². The first-order valence-electron chi connectivity index (χ1n) is 6.74. The Hall–Kier alpha value is -2.95. The molecule has 4 nitrogen and oxygen atoms in total. The monoisotopic (exact) mass is 296 g/mol. The maximum Gasteiger partial charge on any atom is 0.282 e. The van der Waals surface area contributed by atoms with Crippen LogP contribution in [0, 0.1) is 12.7 Å². The fourth-order valence-electron chi connectivity index (χ4n) is 2.16. The second-order valence-corrected chi connectivity index (χ2v) is 5.03. The molecule has 0 aliphatic carbocycles. The molecule has 0 radical (unpaired) electrons. The van der Waals surface area contributed by atoms with Gasteiger partial charge in [0.25, 0.3) is 11.8 Å². The summed E-state index contributed by atoms with van der Waals surface area (Å²) in [7, 11) is 0. The predicted octanol–water partition coefficient (Wildman–Crippen LogP) is 2.60. The molecule has 22 heavy (non-hydrogen) atoms. The van der Waals surface area contributed by atoms with Crippen molar-refractivity contribution < 1.29 is 14.0 Å². The van der Waals surface area contributed by atoms with Crippen molar-refractivity contribution in [2.75, 3.05) is 5.01 Å². The maximum atomic E-state index is 12.9. The molecule has 0 saturated carbocycles. The van der Waals surface area contributed by atoms with Crippen LogP contribution in [0.25, 0.3) is 6.08 Å². The average molecular weight is 296 g/mol. The molecule has 110 valence electrons. The minimum atomic E-state index is -0.477. The maximum absolute atomic E-state index is 12.9. The van der Waals surface area contributed by atoms with Crippen molar-refractivity contribution in [3.05, 3.63) is 71.0 Å². The highest BCUT2D eigenvalue weighted by atomic mass is 19.1. The van der Waals surface area contributed by atoms with E-state index in [2.05, 4.69) is 5.43 Å². The fourth-order valence-corrected chi connectivity index (χ4v) is 2.16. The molecule has 2 aromatic carbocycles. The first-order valence-corrected chi connectivity index (χ1v) is 6.74. The van der Waals surface area contributed by atoms with Gasteiger partial charge in [0.15, 0.2) is 0 Å². The van der Waals surface area contributed by atoms with Crippen LogP contribution in [0.15, 0.2) is 54.1 Å². The number of benzene rings is 2. The quantitative estimate of drug-likeness (QED) is 0.684. The molecule has 2 amide bonds. The summed E-state index contributed by atoms with van der Waals surface area (Å²) >= 11 is 0. The third-order valence-corrected chi connectivity index (χ3v) is 3.36. The van der Waals surface area contributed by atoms with E-state index < -0.39 is 11.8 Å². The first-order chi connectivity index (χ1) is 10.5. The van der Waals surface area contributed by atoms with Crippen molar-refractivity contribution in [2.45, 2.75) is 6.92 Å². The van der Waals surface area contributed by atoms with Crippen LogP contribution in [-0.2, 0) is 9.59 Å². The standard InChI is InChI=1S/C17H13FN2O2/c1-11-2-8-14(9-3-11)20-17(22)15(16(21)19-20)10-12-4-6-13(18)7-5-12/h2-10H,1H3,(H,19,21)/b15-10+. The molecule has 0 spiro atoms. The minimum absolute atomic E-state index is 0.0205. The van der Waals surface area contributed by atoms with Crippen LogP contribution in [0.5, 0.6) is 0 Å². The van der Waals surface area contributed by atoms with Crippen LogP contribution in [-0.4, -0.2) is 11.8 Å². The highest BCUT2D eigenvalue weighted by Crippen LogP contribution is 2.21. The molecule has 1 aliphatic heterocycles. The van der Waals surface area contributed by atoms with Crippen LogP contribution in [0.3, 0.4) is 0 Å². The SMILES string of the molecule is Cc1ccc(N2NC(=O)/C(=C\c3ccc(F)cc3)C2=O)cc1. The molecule has 2 aromatic rings. The summed E-state index contributed by atoms with van der Waals surface area (Å²) in [5, 5.41) is 1.21. The molecule has 0 atom stereocenters. The summed E-state index contributed by atoms with van der Waals surface area (Å²) < 4.78 is 12.9. The second kappa shape index (κ2) is 5.44. The lowest BCUT2D eigenvalue weighted by Gasteiger charge is -2.14. The van der Waals surface area contributed by atoms with Crippen molar-refractivity contribution in [3.63, 3.8) is 0 Å². The smallest absolute Gasteiger partial charge is 0.267 e. The molecular weight excluding hydrogens is 283 g/mol. The van der Waals surface area contributed by atoms with Crippen LogP contribution in [0.4, 0.5) is 10.1 Å². The van der Waals surface area contributed by atoms with Gasteiger partial charge in [0, 0.05) is 0 Å². The Morgan fingerprint density at radius 1 is 1.00 bits per heavy atom. The summed E-state index contributed by atoms with van der Waals surface area (Å²) in [5.41, 5.74) is 4.78. The van der Waals surface area contributed by atoms with Crippen molar-refractivity contribution >= 4 is 23.6 Å². The van der Waals surface area contributed by atoms with Crippen molar-refractivity contribution in [1.82, 2.24) is 5.43 Å². The molecule has 0 unspecified atom stereocenters. The fraction of sp³-hybridized carbons (Fsp3) is 0.0588. The van der Waals surface area contributed by atoms with Crippen molar-refractivity contribution in [1.29, 1.82) is 0 Å². The van der Waals surface area contributed by atoms with Gasteiger partial charge in [-0.3, -0.25) is 15.0 Å². The van der Waals surface area contributed by atoms with E-state index >= 15 is 0 Å². The average Bonchev–Trinajstić information content (AvgIpc) is 2.78. The zero-order valence-electron chi connectivity index (χ0n) is 11.8. The zero-order valence-corrected chi connectivity index (χ0v) is 11.8. The van der Waals surface area contributed by atoms with Gasteiger partial charge >= 0.3 is 0 Å². The molecular formula is C17H13FN2O2. The minimum Gasteiger partial charge on any atom is -0.267 e. The topological polar surface area (TPSA) is 49.4 Å². The van der Waals surface area contributed by atoms with Crippen LogP contribution in [0.1, 0.15) is 11.1 Å². The number of hydrogen-bond acceptors (Lipinski definition) is 2. The highest BCUT2D eigenvalue weighted by Gasteiger charge is 2.34. The number of carbonyl (C=O) groups excluding carboxylic acids is 2. The third kappa shape index (κ3) is 2.61. The Morgan fingerprint density at radius 2 is 1.64 bits per heavy atom. The molecule has 3 rings (SSSR count). The molecule has 0 bridgehead atoms. The van der Waals surface area contributed by atoms with Gasteiger partial charge in [0.1, 0.15) is 11.4 Å². The van der Waals surface area contributed by atoms with Gasteiger partial charge in [-0.05, 0) is 42.8 Å². The summed E-state index contributed by atoms with van der Waals surface area (Å²) in [6.45, 7) is 1.94. The number of carbonyl (C=O) groups is 2. The molecule has 1 fully saturated rings. The normalized spacial score (nSPS) is 16.3. The molecule has 0 aromatic heterocycles. The van der Waals surface area contributed by atoms with E-state index in [9.17, 15) is 14.0 Å². The van der Waals surface area contributed by atoms with Gasteiger partial charge in [-0.2, -0.15) is 0 Å². The number of hydrogen-bond donors (Lipinski definition) is 1. The summed E-state index contributed by atoms with van der Waals surface area (Å²) in [6, 6.07) is 12.8. The number of anilines is 1. The lowest BCUT2D eigenvalue weighted by Crippen LogP contribution is -2.35. The molecule has 1 N–H and O–H groups in total. The number of hydrazine groups is 1. The number of halogens is 1. The molecule has 1 aliphatic rings. The Morgan fingerprint density at radius 3 is 2.27 bits per heavy atom. The van der Waals surface area contributed by atoms with Crippen LogP contribution in [0.2, 0.25) is 0 Å². The summed E-state index contributed by atoms with van der Waals surface area (Å²) in [4.78, 5) is 24.4. The predicted molar refractivity (Wildman–Crippen MR) is 81.2 cm³/mol. The second-order valence-electron chi connectivity index (χ2n) is 5.03. The lowest BCUT2D eigenvalue weighted by atomic mass is 10.1. The van der Waals surface area contributed by atoms with E-state index in [1.54, 1.807) is 12.1 Å². The Bertz CT molecular complexity index is 764. The lowest BCUT2D eigenvalue weighted by molar-refractivity contribution is -0.117. The van der Waals surface area contributed by atoms with E-state index in [-0.39, 0.29) is 11.4 Å². The summed E-state index contributed by atoms with van der Waals surface area (Å²) in [6.07, 6.45) is 1.45. The summed E-state index contributed by atoms with van der Waals surface area (Å²) in [5.74, 6) is -1.28. The highest BCUT2D eigenvalue weighted by molar-refractivity contribution is 6.31. The largest absolute Gasteiger partial charge is 0.282 e. The number of rotatable bonds is 2. The van der Waals surface area contributed by atoms with E-state index in [4.69, 9.17) is 0 Å². The van der Waals surface area contributed by atoms with E-state index in [0.717, 1.165) is 5.56 Å². The number of nitrogens with one attached hydrogen (secondary N) is 1. The number of aryl methyl sites for hydroxylation is 1. The van der Waals surface area contributed by atoms with Crippen molar-refractivity contribution in [2.24, 2.45) is 0 Å². The van der Waals surface area contributed by atoms with Gasteiger partial charge in [-0.1, -0.05) is 29.8 Å². The van der Waals surface area contributed by atoms with Gasteiger partial charge in [0.2, 0.25) is 0 Å². The molecule has 5 heteroatoms. The zero-order chi connectivity index (χ0) is 15.7. The van der Waals surface area contributed by atoms with Crippen molar-refractivity contribution in [3.8, 4) is 0 Å². The molecule has 1 saturated heterocycles. The first kappa shape index (κ1) is 14.0. The Balaban J connectivity index is 1.91. The number of nitrogens with zero attached hydrogens (tertiary/aromatic N) is 1. The van der Waals surface area contributed by atoms with E-state index in [0.29, 0.717) is 11.3 Å². The van der Waals surface area contributed by atoms with Gasteiger partial charge < -0.3 is 0 Å². The third-order valence-electron chi connectivity index (χ3n) is 3.36. The Kier molecular flexibility index (Phi) is 3.47. The Labute approximate surface area is 126 Å². The molecule has 1 heterocycles. The number of amides is 2. The van der Waals surface area contributed by atoms with E-state index in [1.165, 1.54) is 35.4 Å². The van der Waals surface area contributed by atoms with E-state index in [1.807, 2.05) is 19.1 Å². The van der Waals surface area contributed by atoms with Crippen LogP contribution >= 0.6 is 0 Å². The van der Waals surface area contributed by atoms with Gasteiger partial charge in [-0.15, -0.1) is 0 Å². The van der Waals surface area contributed by atoms with Crippen LogP contribution < -0.4 is 10.4 Å².